The number of H-pyrrole nitrogens is 1. The van der Waals surface area contributed by atoms with Crippen LogP contribution in [0.1, 0.15) is 10.4 Å². The van der Waals surface area contributed by atoms with Gasteiger partial charge in [0.25, 0.3) is 5.91 Å². The van der Waals surface area contributed by atoms with E-state index in [0.29, 0.717) is 5.56 Å². The van der Waals surface area contributed by atoms with Gasteiger partial charge in [0.05, 0.1) is 11.4 Å². The molecule has 2 aromatic heterocycles. The van der Waals surface area contributed by atoms with E-state index in [1.165, 1.54) is 0 Å². The highest BCUT2D eigenvalue weighted by Crippen LogP contribution is 2.23. The molecule has 1 aliphatic rings. The van der Waals surface area contributed by atoms with Gasteiger partial charge in [-0.1, -0.05) is 24.3 Å². The number of benzene rings is 1. The minimum atomic E-state index is 0.0795. The summed E-state index contributed by atoms with van der Waals surface area (Å²) in [6.07, 6.45) is 3.44. The first-order valence-corrected chi connectivity index (χ1v) is 8.75. The van der Waals surface area contributed by atoms with Crippen LogP contribution >= 0.6 is 0 Å². The number of carbonyl (C=O) groups excluding carboxylic acids is 1. The van der Waals surface area contributed by atoms with E-state index in [9.17, 15) is 4.79 Å². The molecule has 1 N–H and O–H groups in total. The van der Waals surface area contributed by atoms with Gasteiger partial charge in [-0.3, -0.25) is 14.9 Å². The van der Waals surface area contributed by atoms with E-state index in [2.05, 4.69) is 27.1 Å². The first kappa shape index (κ1) is 16.5. The summed E-state index contributed by atoms with van der Waals surface area (Å²) < 4.78 is 0. The molecule has 0 aliphatic carbocycles. The van der Waals surface area contributed by atoms with Gasteiger partial charge in [0.15, 0.2) is 0 Å². The van der Waals surface area contributed by atoms with Gasteiger partial charge in [-0.25, -0.2) is 0 Å². The Labute approximate surface area is 152 Å². The van der Waals surface area contributed by atoms with Gasteiger partial charge >= 0.3 is 0 Å². The van der Waals surface area contributed by atoms with Crippen molar-refractivity contribution in [3.05, 3.63) is 60.4 Å². The molecule has 1 amide bonds. The van der Waals surface area contributed by atoms with Crippen LogP contribution in [0.3, 0.4) is 0 Å². The standard InChI is InChI=1S/C20H21N5O/c1-24-10-12-25(13-11-24)20(26)17-6-8-21-19(14-17)16-4-2-15(3-5-16)18-7-9-22-23-18/h2-9,14H,10-13H2,1H3,(H,22,23). The summed E-state index contributed by atoms with van der Waals surface area (Å²) in [4.78, 5) is 21.4. The van der Waals surface area contributed by atoms with E-state index in [0.717, 1.165) is 48.7 Å². The lowest BCUT2D eigenvalue weighted by Gasteiger charge is -2.32. The van der Waals surface area contributed by atoms with Gasteiger partial charge in [0.2, 0.25) is 0 Å². The number of nitrogens with zero attached hydrogens (tertiary/aromatic N) is 4. The molecule has 6 nitrogen and oxygen atoms in total. The van der Waals surface area contributed by atoms with Crippen molar-refractivity contribution in [1.82, 2.24) is 25.0 Å². The highest BCUT2D eigenvalue weighted by molar-refractivity contribution is 5.95. The maximum absolute atomic E-state index is 12.8. The average Bonchev–Trinajstić information content (AvgIpc) is 3.23. The molecule has 4 rings (SSSR count). The molecule has 3 heterocycles. The first-order chi connectivity index (χ1) is 12.7. The molecule has 26 heavy (non-hydrogen) atoms. The van der Waals surface area contributed by atoms with Crippen molar-refractivity contribution in [2.45, 2.75) is 0 Å². The molecule has 0 radical (unpaired) electrons. The third-order valence-corrected chi connectivity index (χ3v) is 4.79. The molecule has 0 unspecified atom stereocenters. The summed E-state index contributed by atoms with van der Waals surface area (Å²) in [5.74, 6) is 0.0795. The first-order valence-electron chi connectivity index (χ1n) is 8.75. The topological polar surface area (TPSA) is 65.1 Å². The van der Waals surface area contributed by atoms with Crippen LogP contribution in [0.4, 0.5) is 0 Å². The number of aromatic nitrogens is 3. The Bertz CT molecular complexity index is 881. The number of hydrogen-bond donors (Lipinski definition) is 1. The zero-order valence-corrected chi connectivity index (χ0v) is 14.7. The molecule has 0 atom stereocenters. The number of nitrogens with one attached hydrogen (secondary N) is 1. The zero-order chi connectivity index (χ0) is 17.9. The molecular formula is C20H21N5O. The molecule has 3 aromatic rings. The lowest BCUT2D eigenvalue weighted by Crippen LogP contribution is -2.47. The van der Waals surface area contributed by atoms with E-state index in [1.54, 1.807) is 18.5 Å². The number of piperazine rings is 1. The molecular weight excluding hydrogens is 326 g/mol. The molecule has 0 bridgehead atoms. The molecule has 132 valence electrons. The zero-order valence-electron chi connectivity index (χ0n) is 14.7. The summed E-state index contributed by atoms with van der Waals surface area (Å²) in [6, 6.07) is 13.7. The molecule has 0 saturated carbocycles. The van der Waals surface area contributed by atoms with Gasteiger partial charge in [-0.2, -0.15) is 5.10 Å². The molecule has 1 aromatic carbocycles. The quantitative estimate of drug-likeness (QED) is 0.791. The van der Waals surface area contributed by atoms with E-state index in [-0.39, 0.29) is 5.91 Å². The second kappa shape index (κ2) is 7.09. The minimum Gasteiger partial charge on any atom is -0.336 e. The summed E-state index contributed by atoms with van der Waals surface area (Å²) in [5, 5.41) is 6.93. The van der Waals surface area contributed by atoms with Crippen LogP contribution in [0.25, 0.3) is 22.5 Å². The van der Waals surface area contributed by atoms with Crippen molar-refractivity contribution in [1.29, 1.82) is 0 Å². The molecule has 1 fully saturated rings. The molecule has 0 spiro atoms. The Morgan fingerprint density at radius 2 is 1.69 bits per heavy atom. The summed E-state index contributed by atoms with van der Waals surface area (Å²) in [7, 11) is 2.08. The van der Waals surface area contributed by atoms with E-state index in [4.69, 9.17) is 0 Å². The van der Waals surface area contributed by atoms with Crippen molar-refractivity contribution in [3.8, 4) is 22.5 Å². The van der Waals surface area contributed by atoms with Crippen molar-refractivity contribution < 1.29 is 4.79 Å². The largest absolute Gasteiger partial charge is 0.336 e. The van der Waals surface area contributed by atoms with E-state index in [1.807, 2.05) is 41.3 Å². The van der Waals surface area contributed by atoms with Crippen LogP contribution in [0.5, 0.6) is 0 Å². The maximum Gasteiger partial charge on any atom is 0.254 e. The Kier molecular flexibility index (Phi) is 4.50. The third kappa shape index (κ3) is 3.36. The van der Waals surface area contributed by atoms with E-state index < -0.39 is 0 Å². The SMILES string of the molecule is CN1CCN(C(=O)c2ccnc(-c3ccc(-c4ccn[nH]4)cc3)c2)CC1. The number of hydrogen-bond acceptors (Lipinski definition) is 4. The van der Waals surface area contributed by atoms with Crippen molar-refractivity contribution >= 4 is 5.91 Å². The lowest BCUT2D eigenvalue weighted by atomic mass is 10.0. The smallest absolute Gasteiger partial charge is 0.254 e. The molecule has 6 heteroatoms. The van der Waals surface area contributed by atoms with Crippen molar-refractivity contribution in [2.75, 3.05) is 33.2 Å². The van der Waals surface area contributed by atoms with Gasteiger partial charge < -0.3 is 9.80 Å². The Morgan fingerprint density at radius 1 is 0.962 bits per heavy atom. The second-order valence-electron chi connectivity index (χ2n) is 6.57. The van der Waals surface area contributed by atoms with Crippen LogP contribution in [0.2, 0.25) is 0 Å². The highest BCUT2D eigenvalue weighted by Gasteiger charge is 2.20. The van der Waals surface area contributed by atoms with Crippen LogP contribution in [0, 0.1) is 0 Å². The minimum absolute atomic E-state index is 0.0795. The second-order valence-corrected chi connectivity index (χ2v) is 6.57. The number of carbonyl (C=O) groups is 1. The number of amides is 1. The van der Waals surface area contributed by atoms with Crippen LogP contribution < -0.4 is 0 Å². The monoisotopic (exact) mass is 347 g/mol. The molecule has 1 aliphatic heterocycles. The van der Waals surface area contributed by atoms with Crippen LogP contribution in [0.15, 0.2) is 54.9 Å². The average molecular weight is 347 g/mol. The van der Waals surface area contributed by atoms with Crippen molar-refractivity contribution in [2.24, 2.45) is 0 Å². The normalized spacial score (nSPS) is 15.2. The van der Waals surface area contributed by atoms with Gasteiger partial charge in [0.1, 0.15) is 0 Å². The Balaban J connectivity index is 1.55. The number of rotatable bonds is 3. The highest BCUT2D eigenvalue weighted by atomic mass is 16.2. The van der Waals surface area contributed by atoms with Gasteiger partial charge in [-0.15, -0.1) is 0 Å². The fourth-order valence-corrected chi connectivity index (χ4v) is 3.15. The number of aromatic amines is 1. The van der Waals surface area contributed by atoms with Gasteiger partial charge in [-0.05, 0) is 30.8 Å². The summed E-state index contributed by atoms with van der Waals surface area (Å²) >= 11 is 0. The van der Waals surface area contributed by atoms with E-state index >= 15 is 0 Å². The Hall–Kier alpha value is -2.99. The predicted octanol–water partition coefficient (Wildman–Crippen LogP) is 2.53. The maximum atomic E-state index is 12.8. The summed E-state index contributed by atoms with van der Waals surface area (Å²) in [5.41, 5.74) is 4.53. The van der Waals surface area contributed by atoms with Crippen molar-refractivity contribution in [3.63, 3.8) is 0 Å². The summed E-state index contributed by atoms with van der Waals surface area (Å²) in [6.45, 7) is 3.37. The predicted molar refractivity (Wildman–Crippen MR) is 101 cm³/mol. The third-order valence-electron chi connectivity index (χ3n) is 4.79. The lowest BCUT2D eigenvalue weighted by molar-refractivity contribution is 0.0664. The number of likely N-dealkylation sites (N-methyl/N-ethyl adjacent to an activating group) is 1. The Morgan fingerprint density at radius 3 is 2.38 bits per heavy atom. The van der Waals surface area contributed by atoms with Crippen LogP contribution in [-0.2, 0) is 0 Å². The van der Waals surface area contributed by atoms with Crippen LogP contribution in [-0.4, -0.2) is 64.1 Å². The van der Waals surface area contributed by atoms with Gasteiger partial charge in [0, 0.05) is 49.7 Å². The fraction of sp³-hybridized carbons (Fsp3) is 0.250. The molecule has 1 saturated heterocycles. The number of pyridine rings is 1. The fourth-order valence-electron chi connectivity index (χ4n) is 3.15.